The average Bonchev–Trinajstić information content (AvgIpc) is 2.97. The fraction of sp³-hybridized carbons (Fsp3) is 0.278. The van der Waals surface area contributed by atoms with Crippen molar-refractivity contribution in [2.24, 2.45) is 0 Å². The van der Waals surface area contributed by atoms with Crippen molar-refractivity contribution < 1.29 is 4.79 Å². The molecule has 0 bridgehead atoms. The molecule has 3 aromatic rings. The van der Waals surface area contributed by atoms with Crippen molar-refractivity contribution in [3.8, 4) is 0 Å². The molecule has 3 rings (SSSR count). The molecule has 0 saturated carbocycles. The summed E-state index contributed by atoms with van der Waals surface area (Å²) in [5.74, 6) is 0.0372. The second-order valence-electron chi connectivity index (χ2n) is 5.96. The van der Waals surface area contributed by atoms with Crippen molar-refractivity contribution in [1.82, 2.24) is 14.5 Å². The van der Waals surface area contributed by atoms with E-state index in [0.717, 1.165) is 21.4 Å². The van der Waals surface area contributed by atoms with E-state index < -0.39 is 0 Å². The highest BCUT2D eigenvalue weighted by Crippen LogP contribution is 2.21. The Morgan fingerprint density at radius 1 is 1.35 bits per heavy atom. The number of benzene rings is 1. The summed E-state index contributed by atoms with van der Waals surface area (Å²) in [5, 5.41) is 3.42. The van der Waals surface area contributed by atoms with Gasteiger partial charge in [-0.25, -0.2) is 4.98 Å². The number of carbonyl (C=O) groups excluding carboxylic acids is 1. The lowest BCUT2D eigenvalue weighted by Crippen LogP contribution is -2.23. The molecule has 2 N–H and O–H groups in total. The molecule has 26 heavy (non-hydrogen) atoms. The minimum atomic E-state index is -0.140. The van der Waals surface area contributed by atoms with E-state index >= 15 is 0 Å². The molecule has 0 aliphatic rings. The Labute approximate surface area is 163 Å². The maximum Gasteiger partial charge on any atom is 0.278 e. The van der Waals surface area contributed by atoms with E-state index in [-0.39, 0.29) is 17.2 Å². The Morgan fingerprint density at radius 3 is 2.81 bits per heavy atom. The maximum absolute atomic E-state index is 12.6. The van der Waals surface area contributed by atoms with Crippen LogP contribution < -0.4 is 10.9 Å². The Hall–Kier alpha value is -2.06. The van der Waals surface area contributed by atoms with E-state index in [1.54, 1.807) is 4.57 Å². The summed E-state index contributed by atoms with van der Waals surface area (Å²) in [6.45, 7) is 6.24. The first-order chi connectivity index (χ1) is 12.4. The number of nitrogens with one attached hydrogen (secondary N) is 2. The van der Waals surface area contributed by atoms with Gasteiger partial charge in [-0.3, -0.25) is 14.2 Å². The summed E-state index contributed by atoms with van der Waals surface area (Å²) in [4.78, 5) is 32.4. The highest BCUT2D eigenvalue weighted by atomic mass is 79.9. The molecule has 1 amide bonds. The molecule has 6 nitrogen and oxygen atoms in total. The number of amides is 1. The average molecular weight is 435 g/mol. The fourth-order valence-electron chi connectivity index (χ4n) is 2.65. The number of aromatic amines is 1. The van der Waals surface area contributed by atoms with E-state index in [4.69, 9.17) is 0 Å². The van der Waals surface area contributed by atoms with Crippen LogP contribution in [0.15, 0.2) is 38.7 Å². The minimum Gasteiger partial charge on any atom is -0.353 e. The van der Waals surface area contributed by atoms with E-state index in [1.165, 1.54) is 11.8 Å². The lowest BCUT2D eigenvalue weighted by atomic mass is 10.2. The largest absolute Gasteiger partial charge is 0.353 e. The van der Waals surface area contributed by atoms with Gasteiger partial charge in [0.2, 0.25) is 5.91 Å². The normalized spacial score (nSPS) is 11.1. The van der Waals surface area contributed by atoms with Crippen LogP contribution in [0.1, 0.15) is 18.2 Å². The van der Waals surface area contributed by atoms with Crippen LogP contribution in [-0.4, -0.2) is 26.2 Å². The maximum atomic E-state index is 12.6. The quantitative estimate of drug-likeness (QED) is 0.471. The number of fused-ring (bicyclic) bond motifs is 1. The molecule has 136 valence electrons. The number of anilines is 1. The first-order valence-corrected chi connectivity index (χ1v) is 9.96. The summed E-state index contributed by atoms with van der Waals surface area (Å²) in [6, 6.07) is 7.48. The number of halogens is 1. The number of carbonyl (C=O) groups is 1. The molecule has 2 heterocycles. The summed E-state index contributed by atoms with van der Waals surface area (Å²) in [6.07, 6.45) is 0. The summed E-state index contributed by atoms with van der Waals surface area (Å²) < 4.78 is 2.58. The lowest BCUT2D eigenvalue weighted by molar-refractivity contribution is -0.113. The van der Waals surface area contributed by atoms with E-state index in [0.29, 0.717) is 22.7 Å². The van der Waals surface area contributed by atoms with Crippen LogP contribution in [0.5, 0.6) is 0 Å². The predicted molar refractivity (Wildman–Crippen MR) is 109 cm³/mol. The summed E-state index contributed by atoms with van der Waals surface area (Å²) in [5.41, 5.74) is 3.70. The number of hydrogen-bond acceptors (Lipinski definition) is 4. The van der Waals surface area contributed by atoms with Crippen LogP contribution in [0.4, 0.5) is 5.69 Å². The Bertz CT molecular complexity index is 1040. The molecule has 1 aromatic carbocycles. The standard InChI is InChI=1S/C18H19BrN4O2S/c1-4-23-17(25)16-14(8-11(3)20-16)22-18(23)26-9-15(24)21-12-5-6-13(19)10(2)7-12/h5-8,20H,4,9H2,1-3H3,(H,21,24). The molecule has 0 unspecified atom stereocenters. The Morgan fingerprint density at radius 2 is 2.12 bits per heavy atom. The summed E-state index contributed by atoms with van der Waals surface area (Å²) in [7, 11) is 0. The molecule has 0 radical (unpaired) electrons. The molecular formula is C18H19BrN4O2S. The van der Waals surface area contributed by atoms with Gasteiger partial charge in [0, 0.05) is 22.4 Å². The topological polar surface area (TPSA) is 79.8 Å². The number of hydrogen-bond donors (Lipinski definition) is 2. The first-order valence-electron chi connectivity index (χ1n) is 8.18. The monoisotopic (exact) mass is 434 g/mol. The van der Waals surface area contributed by atoms with Crippen LogP contribution in [0.2, 0.25) is 0 Å². The lowest BCUT2D eigenvalue weighted by Gasteiger charge is -2.10. The number of aromatic nitrogens is 3. The van der Waals surface area contributed by atoms with Crippen LogP contribution in [0, 0.1) is 13.8 Å². The molecule has 0 atom stereocenters. The number of nitrogens with zero attached hydrogens (tertiary/aromatic N) is 2. The van der Waals surface area contributed by atoms with Gasteiger partial charge in [-0.1, -0.05) is 27.7 Å². The van der Waals surface area contributed by atoms with Crippen molar-refractivity contribution in [3.63, 3.8) is 0 Å². The highest BCUT2D eigenvalue weighted by Gasteiger charge is 2.14. The molecule has 0 aliphatic heterocycles. The molecule has 0 aliphatic carbocycles. The van der Waals surface area contributed by atoms with Gasteiger partial charge in [0.05, 0.1) is 11.3 Å². The van der Waals surface area contributed by atoms with Gasteiger partial charge >= 0.3 is 0 Å². The summed E-state index contributed by atoms with van der Waals surface area (Å²) >= 11 is 4.70. The number of aryl methyl sites for hydroxylation is 2. The molecule has 0 spiro atoms. The fourth-order valence-corrected chi connectivity index (χ4v) is 3.76. The molecule has 8 heteroatoms. The van der Waals surface area contributed by atoms with E-state index in [9.17, 15) is 9.59 Å². The number of H-pyrrole nitrogens is 1. The van der Waals surface area contributed by atoms with E-state index in [2.05, 4.69) is 31.2 Å². The van der Waals surface area contributed by atoms with Crippen molar-refractivity contribution in [2.75, 3.05) is 11.1 Å². The Balaban J connectivity index is 1.77. The van der Waals surface area contributed by atoms with Crippen molar-refractivity contribution in [2.45, 2.75) is 32.5 Å². The van der Waals surface area contributed by atoms with Gasteiger partial charge in [0.15, 0.2) is 5.16 Å². The third-order valence-corrected chi connectivity index (χ3v) is 5.79. The van der Waals surface area contributed by atoms with E-state index in [1.807, 2.05) is 45.0 Å². The van der Waals surface area contributed by atoms with Gasteiger partial charge < -0.3 is 10.3 Å². The number of thioether (sulfide) groups is 1. The SMILES string of the molecule is CCn1c(SCC(=O)Nc2ccc(Br)c(C)c2)nc2cc(C)[nH]c2c1=O. The second kappa shape index (κ2) is 7.67. The predicted octanol–water partition coefficient (Wildman–Crippen LogP) is 3.85. The smallest absolute Gasteiger partial charge is 0.278 e. The van der Waals surface area contributed by atoms with Gasteiger partial charge in [-0.2, -0.15) is 0 Å². The molecule has 0 saturated heterocycles. The Kier molecular flexibility index (Phi) is 5.52. The highest BCUT2D eigenvalue weighted by molar-refractivity contribution is 9.10. The molecule has 0 fully saturated rings. The van der Waals surface area contributed by atoms with Crippen molar-refractivity contribution >= 4 is 50.3 Å². The van der Waals surface area contributed by atoms with Crippen LogP contribution in [0.25, 0.3) is 11.0 Å². The zero-order valence-electron chi connectivity index (χ0n) is 14.7. The van der Waals surface area contributed by atoms with Gasteiger partial charge in [0.25, 0.3) is 5.56 Å². The van der Waals surface area contributed by atoms with Crippen molar-refractivity contribution in [3.05, 3.63) is 50.3 Å². The minimum absolute atomic E-state index is 0.114. The second-order valence-corrected chi connectivity index (χ2v) is 7.75. The van der Waals surface area contributed by atoms with Crippen LogP contribution in [0.3, 0.4) is 0 Å². The van der Waals surface area contributed by atoms with Crippen LogP contribution >= 0.6 is 27.7 Å². The third kappa shape index (κ3) is 3.86. The zero-order valence-corrected chi connectivity index (χ0v) is 17.1. The first kappa shape index (κ1) is 18.7. The van der Waals surface area contributed by atoms with Gasteiger partial charge in [0.1, 0.15) is 5.52 Å². The van der Waals surface area contributed by atoms with Crippen molar-refractivity contribution in [1.29, 1.82) is 0 Å². The number of rotatable bonds is 5. The van der Waals surface area contributed by atoms with Gasteiger partial charge in [-0.15, -0.1) is 0 Å². The van der Waals surface area contributed by atoms with Crippen LogP contribution in [-0.2, 0) is 11.3 Å². The third-order valence-electron chi connectivity index (χ3n) is 3.93. The molecule has 2 aromatic heterocycles. The molecular weight excluding hydrogens is 416 g/mol. The van der Waals surface area contributed by atoms with Gasteiger partial charge in [-0.05, 0) is 50.6 Å². The zero-order chi connectivity index (χ0) is 18.8.